The Morgan fingerprint density at radius 2 is 1.29 bits per heavy atom. The zero-order valence-electron chi connectivity index (χ0n) is 22.1. The van der Waals surface area contributed by atoms with Gasteiger partial charge in [0.15, 0.2) is 5.72 Å². The maximum atomic E-state index is 10.4. The van der Waals surface area contributed by atoms with Crippen LogP contribution in [0.5, 0.6) is 11.5 Å². The number of ether oxygens (including phenoxy) is 1. The SMILES string of the molecule is CCCCCCCCCCCCCC(N)(Oc1ccc(O)c(C(C)(C)C)c1)c1cc(Cl)cc(Cl)c1. The lowest BCUT2D eigenvalue weighted by Gasteiger charge is -2.32. The molecule has 3 nitrogen and oxygen atoms in total. The first-order valence-corrected chi connectivity index (χ1v) is 14.1. The first-order chi connectivity index (χ1) is 16.5. The largest absolute Gasteiger partial charge is 0.508 e. The van der Waals surface area contributed by atoms with Crippen LogP contribution in [0.25, 0.3) is 0 Å². The lowest BCUT2D eigenvalue weighted by molar-refractivity contribution is 0.0600. The molecule has 0 saturated carbocycles. The minimum absolute atomic E-state index is 0.226. The predicted molar refractivity (Wildman–Crippen MR) is 151 cm³/mol. The summed E-state index contributed by atoms with van der Waals surface area (Å²) in [6.45, 7) is 8.44. The summed E-state index contributed by atoms with van der Waals surface area (Å²) in [5.41, 5.74) is 7.18. The zero-order valence-corrected chi connectivity index (χ0v) is 23.6. The summed E-state index contributed by atoms with van der Waals surface area (Å²) in [6.07, 6.45) is 14.6. The van der Waals surface area contributed by atoms with Crippen molar-refractivity contribution >= 4 is 23.2 Å². The van der Waals surface area contributed by atoms with Crippen molar-refractivity contribution in [3.63, 3.8) is 0 Å². The Hall–Kier alpha value is -1.42. The summed E-state index contributed by atoms with van der Waals surface area (Å²) >= 11 is 12.6. The molecular formula is C30H45Cl2NO2. The number of hydrogen-bond acceptors (Lipinski definition) is 3. The van der Waals surface area contributed by atoms with Crippen LogP contribution in [0.4, 0.5) is 0 Å². The molecule has 2 aromatic carbocycles. The van der Waals surface area contributed by atoms with Gasteiger partial charge in [-0.3, -0.25) is 5.73 Å². The van der Waals surface area contributed by atoms with E-state index in [2.05, 4.69) is 27.7 Å². The molecule has 1 unspecified atom stereocenters. The van der Waals surface area contributed by atoms with Gasteiger partial charge in [-0.05, 0) is 48.2 Å². The quantitative estimate of drug-likeness (QED) is 0.181. The van der Waals surface area contributed by atoms with E-state index in [0.717, 1.165) is 24.0 Å². The molecule has 0 radical (unpaired) electrons. The molecule has 0 aromatic heterocycles. The van der Waals surface area contributed by atoms with Gasteiger partial charge in [-0.2, -0.15) is 0 Å². The van der Waals surface area contributed by atoms with Crippen molar-refractivity contribution in [1.82, 2.24) is 0 Å². The molecule has 3 N–H and O–H groups in total. The summed E-state index contributed by atoms with van der Waals surface area (Å²) < 4.78 is 6.43. The average Bonchev–Trinajstić information content (AvgIpc) is 2.77. The molecule has 2 rings (SSSR count). The monoisotopic (exact) mass is 521 g/mol. The number of aromatic hydroxyl groups is 1. The van der Waals surface area contributed by atoms with E-state index in [1.807, 2.05) is 18.2 Å². The van der Waals surface area contributed by atoms with Gasteiger partial charge in [-0.25, -0.2) is 0 Å². The maximum absolute atomic E-state index is 10.4. The Morgan fingerprint density at radius 1 is 0.771 bits per heavy atom. The Balaban J connectivity index is 2.02. The van der Waals surface area contributed by atoms with E-state index in [1.165, 1.54) is 57.8 Å². The highest BCUT2D eigenvalue weighted by Crippen LogP contribution is 2.37. The molecule has 0 fully saturated rings. The second-order valence-corrected chi connectivity index (χ2v) is 11.7. The van der Waals surface area contributed by atoms with Crippen molar-refractivity contribution in [2.24, 2.45) is 5.73 Å². The van der Waals surface area contributed by atoms with Gasteiger partial charge in [0.1, 0.15) is 11.5 Å². The Bertz CT molecular complexity index is 889. The highest BCUT2D eigenvalue weighted by atomic mass is 35.5. The van der Waals surface area contributed by atoms with Gasteiger partial charge < -0.3 is 9.84 Å². The number of unbranched alkanes of at least 4 members (excludes halogenated alkanes) is 10. The van der Waals surface area contributed by atoms with E-state index in [1.54, 1.807) is 18.2 Å². The third kappa shape index (κ3) is 10.2. The minimum atomic E-state index is -1.07. The number of hydrogen-bond donors (Lipinski definition) is 2. The second kappa shape index (κ2) is 14.4. The smallest absolute Gasteiger partial charge is 0.184 e. The van der Waals surface area contributed by atoms with E-state index >= 15 is 0 Å². The van der Waals surface area contributed by atoms with E-state index in [9.17, 15) is 5.11 Å². The summed E-state index contributed by atoms with van der Waals surface area (Å²) in [5.74, 6) is 0.873. The molecule has 2 aromatic rings. The molecule has 0 aliphatic carbocycles. The second-order valence-electron chi connectivity index (χ2n) is 10.9. The van der Waals surface area contributed by atoms with Crippen LogP contribution in [0, 0.1) is 0 Å². The fourth-order valence-electron chi connectivity index (χ4n) is 4.49. The molecule has 0 aliphatic rings. The maximum Gasteiger partial charge on any atom is 0.184 e. The number of rotatable bonds is 15. The summed E-state index contributed by atoms with van der Waals surface area (Å²) in [4.78, 5) is 0. The number of halogens is 2. The van der Waals surface area contributed by atoms with Gasteiger partial charge in [0.05, 0.1) is 0 Å². The van der Waals surface area contributed by atoms with Crippen molar-refractivity contribution in [3.8, 4) is 11.5 Å². The highest BCUT2D eigenvalue weighted by molar-refractivity contribution is 6.34. The van der Waals surface area contributed by atoms with Crippen molar-refractivity contribution in [1.29, 1.82) is 0 Å². The van der Waals surface area contributed by atoms with Gasteiger partial charge in [0.2, 0.25) is 0 Å². The van der Waals surface area contributed by atoms with Crippen LogP contribution in [0.3, 0.4) is 0 Å². The van der Waals surface area contributed by atoms with Gasteiger partial charge in [-0.15, -0.1) is 0 Å². The van der Waals surface area contributed by atoms with Gasteiger partial charge >= 0.3 is 0 Å². The van der Waals surface area contributed by atoms with E-state index in [-0.39, 0.29) is 11.2 Å². The lowest BCUT2D eigenvalue weighted by atomic mass is 9.86. The molecule has 35 heavy (non-hydrogen) atoms. The average molecular weight is 523 g/mol. The molecule has 0 spiro atoms. The molecule has 0 bridgehead atoms. The van der Waals surface area contributed by atoms with Crippen molar-refractivity contribution in [3.05, 3.63) is 57.6 Å². The highest BCUT2D eigenvalue weighted by Gasteiger charge is 2.31. The molecular weight excluding hydrogens is 477 g/mol. The van der Waals surface area contributed by atoms with Crippen LogP contribution in [-0.4, -0.2) is 5.11 Å². The lowest BCUT2D eigenvalue weighted by Crippen LogP contribution is -2.43. The molecule has 1 atom stereocenters. The van der Waals surface area contributed by atoms with Gasteiger partial charge in [-0.1, -0.05) is 115 Å². The zero-order chi connectivity index (χ0) is 25.9. The van der Waals surface area contributed by atoms with Crippen LogP contribution in [0.2, 0.25) is 10.0 Å². The fraction of sp³-hybridized carbons (Fsp3) is 0.600. The molecule has 0 amide bonds. The van der Waals surface area contributed by atoms with Crippen LogP contribution in [0.15, 0.2) is 36.4 Å². The molecule has 0 saturated heterocycles. The number of phenols is 1. The summed E-state index contributed by atoms with van der Waals surface area (Å²) in [7, 11) is 0. The Kier molecular flexibility index (Phi) is 12.2. The third-order valence-electron chi connectivity index (χ3n) is 6.58. The van der Waals surface area contributed by atoms with Crippen molar-refractivity contribution < 1.29 is 9.84 Å². The first-order valence-electron chi connectivity index (χ1n) is 13.3. The fourth-order valence-corrected chi connectivity index (χ4v) is 5.02. The standard InChI is InChI=1S/C30H45Cl2NO2/c1-5-6-7-8-9-10-11-12-13-14-15-18-30(33,23-19-24(31)21-25(32)20-23)35-26-16-17-28(34)27(22-26)29(2,3)4/h16-17,19-22,34H,5-15,18,33H2,1-4H3. The Labute approximate surface area is 223 Å². The predicted octanol–water partition coefficient (Wildman–Crippen LogP) is 9.89. The van der Waals surface area contributed by atoms with E-state index in [0.29, 0.717) is 22.2 Å². The molecule has 0 heterocycles. The summed E-state index contributed by atoms with van der Waals surface area (Å²) in [6, 6.07) is 10.7. The van der Waals surface area contributed by atoms with Crippen molar-refractivity contribution in [2.75, 3.05) is 0 Å². The number of phenolic OH excluding ortho intramolecular Hbond substituents is 1. The molecule has 196 valence electrons. The van der Waals surface area contributed by atoms with Crippen LogP contribution >= 0.6 is 23.2 Å². The topological polar surface area (TPSA) is 55.5 Å². The normalized spacial score (nSPS) is 13.6. The minimum Gasteiger partial charge on any atom is -0.508 e. The molecule has 5 heteroatoms. The van der Waals surface area contributed by atoms with Crippen LogP contribution in [-0.2, 0) is 11.1 Å². The first kappa shape index (κ1) is 29.8. The van der Waals surface area contributed by atoms with E-state index in [4.69, 9.17) is 33.7 Å². The van der Waals surface area contributed by atoms with E-state index < -0.39 is 5.72 Å². The Morgan fingerprint density at radius 3 is 1.80 bits per heavy atom. The summed E-state index contributed by atoms with van der Waals surface area (Å²) in [5, 5.41) is 11.4. The van der Waals surface area contributed by atoms with Gasteiger partial charge in [0, 0.05) is 27.6 Å². The van der Waals surface area contributed by atoms with Crippen molar-refractivity contribution in [2.45, 2.75) is 116 Å². The third-order valence-corrected chi connectivity index (χ3v) is 7.02. The van der Waals surface area contributed by atoms with Gasteiger partial charge in [0.25, 0.3) is 0 Å². The van der Waals surface area contributed by atoms with Crippen LogP contribution in [0.1, 0.15) is 116 Å². The number of nitrogens with two attached hydrogens (primary N) is 1. The molecule has 0 aliphatic heterocycles. The van der Waals surface area contributed by atoms with Crippen LogP contribution < -0.4 is 10.5 Å². The number of benzene rings is 2.